The fourth-order valence-corrected chi connectivity index (χ4v) is 5.69. The summed E-state index contributed by atoms with van der Waals surface area (Å²) in [6.45, 7) is 1.40. The molecule has 10 heteroatoms. The van der Waals surface area contributed by atoms with E-state index in [4.69, 9.17) is 9.47 Å². The molecule has 1 aliphatic rings. The van der Waals surface area contributed by atoms with Gasteiger partial charge in [-0.3, -0.25) is 4.79 Å². The number of nitrogens with one attached hydrogen (secondary N) is 1. The fourth-order valence-electron chi connectivity index (χ4n) is 3.17. The van der Waals surface area contributed by atoms with E-state index in [1.807, 2.05) is 0 Å². The van der Waals surface area contributed by atoms with E-state index in [9.17, 15) is 19.5 Å². The molecule has 2 aromatic rings. The molecule has 0 aliphatic heterocycles. The number of rotatable bonds is 6. The van der Waals surface area contributed by atoms with Gasteiger partial charge in [-0.05, 0) is 66.2 Å². The second kappa shape index (κ2) is 9.93. The first-order valence-corrected chi connectivity index (χ1v) is 11.7. The number of amides is 1. The molecule has 1 amide bonds. The van der Waals surface area contributed by atoms with Gasteiger partial charge in [0.25, 0.3) is 5.91 Å². The molecule has 1 heterocycles. The van der Waals surface area contributed by atoms with Crippen molar-refractivity contribution < 1.29 is 29.0 Å². The molecule has 160 valence electrons. The molecule has 3 rings (SSSR count). The van der Waals surface area contributed by atoms with Crippen LogP contribution in [-0.4, -0.2) is 36.2 Å². The second-order valence-corrected chi connectivity index (χ2v) is 9.42. The monoisotopic (exact) mass is 559 g/mol. The minimum atomic E-state index is -0.847. The number of benzene rings is 1. The average molecular weight is 561 g/mol. The molecule has 0 saturated heterocycles. The van der Waals surface area contributed by atoms with Gasteiger partial charge in [0.2, 0.25) is 0 Å². The zero-order chi connectivity index (χ0) is 21.8. The van der Waals surface area contributed by atoms with Crippen LogP contribution >= 0.6 is 43.2 Å². The van der Waals surface area contributed by atoms with Crippen molar-refractivity contribution in [2.45, 2.75) is 32.6 Å². The Morgan fingerprint density at radius 3 is 2.60 bits per heavy atom. The fraction of sp³-hybridized carbons (Fsp3) is 0.350. The number of anilines is 1. The number of carbonyl (C=O) groups is 3. The van der Waals surface area contributed by atoms with Crippen LogP contribution in [0.1, 0.15) is 50.9 Å². The summed E-state index contributed by atoms with van der Waals surface area (Å²) in [5.41, 5.74) is 1.24. The average Bonchev–Trinajstić information content (AvgIpc) is 3.06. The lowest BCUT2D eigenvalue weighted by Crippen LogP contribution is -2.22. The Hall–Kier alpha value is -1.91. The van der Waals surface area contributed by atoms with Crippen LogP contribution in [-0.2, 0) is 27.1 Å². The van der Waals surface area contributed by atoms with Gasteiger partial charge in [-0.25, -0.2) is 9.59 Å². The number of aryl methyl sites for hydroxylation is 1. The van der Waals surface area contributed by atoms with E-state index in [1.54, 1.807) is 13.0 Å². The Bertz CT molecular complexity index is 1000. The maximum Gasteiger partial charge on any atom is 0.342 e. The van der Waals surface area contributed by atoms with Crippen molar-refractivity contribution in [2.75, 3.05) is 18.5 Å². The summed E-state index contributed by atoms with van der Waals surface area (Å²) in [5.74, 6) is -2.17. The SMILES string of the molecule is CCOC(=O)c1c(NC(=O)COC(=O)c2cc(Br)cc(Br)c2O)sc2c1CCCC2. The Morgan fingerprint density at radius 2 is 1.87 bits per heavy atom. The molecule has 0 atom stereocenters. The van der Waals surface area contributed by atoms with Gasteiger partial charge >= 0.3 is 11.9 Å². The summed E-state index contributed by atoms with van der Waals surface area (Å²) in [5, 5.41) is 13.1. The molecule has 0 unspecified atom stereocenters. The van der Waals surface area contributed by atoms with Crippen molar-refractivity contribution in [2.24, 2.45) is 0 Å². The lowest BCUT2D eigenvalue weighted by atomic mass is 9.95. The van der Waals surface area contributed by atoms with Crippen molar-refractivity contribution >= 4 is 66.0 Å². The van der Waals surface area contributed by atoms with E-state index in [-0.39, 0.29) is 17.9 Å². The van der Waals surface area contributed by atoms with Crippen molar-refractivity contribution in [3.8, 4) is 5.75 Å². The third-order valence-corrected chi connectivity index (χ3v) is 6.76. The van der Waals surface area contributed by atoms with Gasteiger partial charge < -0.3 is 19.9 Å². The lowest BCUT2D eigenvalue weighted by Gasteiger charge is -2.12. The zero-order valence-electron chi connectivity index (χ0n) is 16.0. The molecule has 7 nitrogen and oxygen atoms in total. The van der Waals surface area contributed by atoms with Gasteiger partial charge in [0.15, 0.2) is 6.61 Å². The van der Waals surface area contributed by atoms with Gasteiger partial charge in [0.05, 0.1) is 16.6 Å². The normalized spacial score (nSPS) is 12.8. The smallest absolute Gasteiger partial charge is 0.342 e. The van der Waals surface area contributed by atoms with Crippen LogP contribution in [0.5, 0.6) is 5.75 Å². The van der Waals surface area contributed by atoms with E-state index in [0.29, 0.717) is 19.5 Å². The Kier molecular flexibility index (Phi) is 7.54. The molecule has 1 aromatic carbocycles. The number of carbonyl (C=O) groups excluding carboxylic acids is 3. The molecule has 30 heavy (non-hydrogen) atoms. The maximum atomic E-state index is 12.4. The number of hydrogen-bond acceptors (Lipinski definition) is 7. The molecule has 0 saturated carbocycles. The first-order valence-electron chi connectivity index (χ1n) is 9.28. The minimum absolute atomic E-state index is 0.0807. The first kappa shape index (κ1) is 22.8. The third kappa shape index (κ3) is 5.04. The van der Waals surface area contributed by atoms with Crippen LogP contribution in [0.15, 0.2) is 21.1 Å². The second-order valence-electron chi connectivity index (χ2n) is 6.54. The number of hydrogen-bond donors (Lipinski definition) is 2. The van der Waals surface area contributed by atoms with Gasteiger partial charge in [0, 0.05) is 9.35 Å². The third-order valence-electron chi connectivity index (χ3n) is 4.49. The first-order chi connectivity index (χ1) is 14.3. The van der Waals surface area contributed by atoms with Crippen molar-refractivity contribution in [3.63, 3.8) is 0 Å². The predicted octanol–water partition coefficient (Wildman–Crippen LogP) is 4.83. The van der Waals surface area contributed by atoms with Gasteiger partial charge in [0.1, 0.15) is 16.3 Å². The van der Waals surface area contributed by atoms with Crippen LogP contribution in [0, 0.1) is 0 Å². The van der Waals surface area contributed by atoms with Crippen LogP contribution in [0.4, 0.5) is 5.00 Å². The molecular weight excluding hydrogens is 542 g/mol. The number of phenols is 1. The highest BCUT2D eigenvalue weighted by molar-refractivity contribution is 9.11. The molecule has 0 fully saturated rings. The molecule has 1 aliphatic carbocycles. The van der Waals surface area contributed by atoms with Crippen LogP contribution in [0.3, 0.4) is 0 Å². The summed E-state index contributed by atoms with van der Waals surface area (Å²) in [4.78, 5) is 38.2. The highest BCUT2D eigenvalue weighted by atomic mass is 79.9. The van der Waals surface area contributed by atoms with E-state index in [0.717, 1.165) is 36.1 Å². The highest BCUT2D eigenvalue weighted by Crippen LogP contribution is 2.38. The minimum Gasteiger partial charge on any atom is -0.506 e. The van der Waals surface area contributed by atoms with E-state index >= 15 is 0 Å². The van der Waals surface area contributed by atoms with Gasteiger partial charge in [-0.15, -0.1) is 11.3 Å². The van der Waals surface area contributed by atoms with Crippen molar-refractivity contribution in [1.29, 1.82) is 0 Å². The van der Waals surface area contributed by atoms with Crippen LogP contribution in [0.2, 0.25) is 0 Å². The van der Waals surface area contributed by atoms with Crippen LogP contribution in [0.25, 0.3) is 0 Å². The van der Waals surface area contributed by atoms with Gasteiger partial charge in [-0.1, -0.05) is 15.9 Å². The largest absolute Gasteiger partial charge is 0.506 e. The number of aromatic hydroxyl groups is 1. The summed E-state index contributed by atoms with van der Waals surface area (Å²) in [6, 6.07) is 2.97. The Balaban J connectivity index is 1.72. The number of phenolic OH excluding ortho intramolecular Hbond substituents is 1. The summed E-state index contributed by atoms with van der Waals surface area (Å²) >= 11 is 7.73. The van der Waals surface area contributed by atoms with Gasteiger partial charge in [-0.2, -0.15) is 0 Å². The number of thiophene rings is 1. The molecule has 2 N–H and O–H groups in total. The topological polar surface area (TPSA) is 102 Å². The number of ether oxygens (including phenoxy) is 2. The maximum absolute atomic E-state index is 12.4. The van der Waals surface area contributed by atoms with Crippen molar-refractivity contribution in [1.82, 2.24) is 0 Å². The van der Waals surface area contributed by atoms with E-state index < -0.39 is 24.5 Å². The zero-order valence-corrected chi connectivity index (χ0v) is 20.0. The molecule has 0 spiro atoms. The van der Waals surface area contributed by atoms with E-state index in [1.165, 1.54) is 17.4 Å². The molecule has 0 radical (unpaired) electrons. The molecule has 1 aromatic heterocycles. The molecular formula is C20H19Br2NO6S. The summed E-state index contributed by atoms with van der Waals surface area (Å²) in [7, 11) is 0. The van der Waals surface area contributed by atoms with Crippen LogP contribution < -0.4 is 5.32 Å². The highest BCUT2D eigenvalue weighted by Gasteiger charge is 2.27. The predicted molar refractivity (Wildman–Crippen MR) is 119 cm³/mol. The standard InChI is InChI=1S/C20H19Br2NO6S/c1-2-28-20(27)16-11-5-3-4-6-14(11)30-18(16)23-15(24)9-29-19(26)12-7-10(21)8-13(22)17(12)25/h7-8,25H,2-6,9H2,1H3,(H,23,24). The number of esters is 2. The summed E-state index contributed by atoms with van der Waals surface area (Å²) < 4.78 is 11.1. The Morgan fingerprint density at radius 1 is 1.13 bits per heavy atom. The summed E-state index contributed by atoms with van der Waals surface area (Å²) in [6.07, 6.45) is 3.63. The lowest BCUT2D eigenvalue weighted by molar-refractivity contribution is -0.119. The van der Waals surface area contributed by atoms with Crippen molar-refractivity contribution in [3.05, 3.63) is 42.6 Å². The Labute approximate surface area is 194 Å². The quantitative estimate of drug-likeness (QED) is 0.491. The molecule has 0 bridgehead atoms. The van der Waals surface area contributed by atoms with E-state index in [2.05, 4.69) is 37.2 Å². The number of halogens is 2. The number of fused-ring (bicyclic) bond motifs is 1.